The van der Waals surface area contributed by atoms with E-state index in [0.29, 0.717) is 39.0 Å². The van der Waals surface area contributed by atoms with Gasteiger partial charge in [0.15, 0.2) is 21.7 Å². The van der Waals surface area contributed by atoms with E-state index in [4.69, 9.17) is 26.4 Å². The molecule has 0 spiro atoms. The Kier molecular flexibility index (Phi) is 7.83. The summed E-state index contributed by atoms with van der Waals surface area (Å²) in [6.07, 6.45) is 0. The van der Waals surface area contributed by atoms with Crippen molar-refractivity contribution < 1.29 is 19.0 Å². The molecule has 0 aliphatic heterocycles. The highest BCUT2D eigenvalue weighted by molar-refractivity contribution is 9.10. The van der Waals surface area contributed by atoms with Crippen molar-refractivity contribution >= 4 is 55.6 Å². The van der Waals surface area contributed by atoms with Gasteiger partial charge in [-0.05, 0) is 71.5 Å². The maximum atomic E-state index is 12.5. The minimum atomic E-state index is -0.335. The number of benzene rings is 2. The quantitative estimate of drug-likeness (QED) is 0.417. The molecule has 0 atom stereocenters. The summed E-state index contributed by atoms with van der Waals surface area (Å²) < 4.78 is 16.8. The molecule has 7 nitrogen and oxygen atoms in total. The third-order valence-corrected chi connectivity index (χ3v) is 5.71. The average Bonchev–Trinajstić information content (AvgIpc) is 3.22. The van der Waals surface area contributed by atoms with Crippen LogP contribution in [0.1, 0.15) is 17.3 Å². The number of nitrogens with zero attached hydrogens (tertiary/aromatic N) is 1. The zero-order valence-electron chi connectivity index (χ0n) is 17.0. The number of ether oxygens (including phenoxy) is 3. The number of halogens is 1. The minimum Gasteiger partial charge on any atom is -0.493 e. The van der Waals surface area contributed by atoms with E-state index in [1.807, 2.05) is 30.5 Å². The molecule has 0 saturated carbocycles. The number of carbonyl (C=O) groups is 1. The van der Waals surface area contributed by atoms with E-state index in [0.717, 1.165) is 11.3 Å². The van der Waals surface area contributed by atoms with Crippen LogP contribution in [0.2, 0.25) is 0 Å². The van der Waals surface area contributed by atoms with Crippen LogP contribution in [0.25, 0.3) is 11.3 Å². The van der Waals surface area contributed by atoms with Crippen LogP contribution in [0.4, 0.5) is 5.13 Å². The summed E-state index contributed by atoms with van der Waals surface area (Å²) in [7, 11) is 3.17. The van der Waals surface area contributed by atoms with Crippen LogP contribution in [0.15, 0.2) is 46.3 Å². The lowest BCUT2D eigenvalue weighted by molar-refractivity contribution is 0.0977. The molecule has 3 aromatic rings. The van der Waals surface area contributed by atoms with Gasteiger partial charge in [-0.2, -0.15) is 0 Å². The number of carbonyl (C=O) groups excluding carboxylic acids is 1. The monoisotopic (exact) mass is 521 g/mol. The first-order chi connectivity index (χ1) is 14.9. The molecule has 0 unspecified atom stereocenters. The zero-order valence-corrected chi connectivity index (χ0v) is 20.2. The van der Waals surface area contributed by atoms with Gasteiger partial charge in [0.05, 0.1) is 31.0 Å². The van der Waals surface area contributed by atoms with Gasteiger partial charge in [-0.3, -0.25) is 10.1 Å². The molecule has 0 aliphatic carbocycles. The first-order valence-corrected chi connectivity index (χ1v) is 11.3. The fourth-order valence-corrected chi connectivity index (χ4v) is 4.15. The fourth-order valence-electron chi connectivity index (χ4n) is 2.68. The third kappa shape index (κ3) is 5.72. The predicted molar refractivity (Wildman–Crippen MR) is 130 cm³/mol. The van der Waals surface area contributed by atoms with Crippen molar-refractivity contribution in [3.05, 3.63) is 51.8 Å². The van der Waals surface area contributed by atoms with Crippen LogP contribution in [0, 0.1) is 0 Å². The molecule has 0 aliphatic rings. The Bertz CT molecular complexity index is 1100. The summed E-state index contributed by atoms with van der Waals surface area (Å²) in [6, 6.07) is 10.6. The Labute approximate surface area is 197 Å². The van der Waals surface area contributed by atoms with Crippen molar-refractivity contribution in [1.29, 1.82) is 0 Å². The molecular weight excluding hydrogens is 502 g/mol. The van der Waals surface area contributed by atoms with Crippen molar-refractivity contribution in [2.75, 3.05) is 26.1 Å². The molecule has 1 aromatic heterocycles. The highest BCUT2D eigenvalue weighted by Gasteiger charge is 2.13. The number of aromatic nitrogens is 1. The van der Waals surface area contributed by atoms with E-state index in [1.165, 1.54) is 11.3 Å². The average molecular weight is 522 g/mol. The van der Waals surface area contributed by atoms with Crippen LogP contribution >= 0.6 is 39.5 Å². The number of anilines is 1. The van der Waals surface area contributed by atoms with Crippen LogP contribution in [-0.4, -0.2) is 36.8 Å². The molecule has 3 rings (SSSR count). The molecule has 10 heteroatoms. The number of rotatable bonds is 7. The van der Waals surface area contributed by atoms with Gasteiger partial charge in [0.2, 0.25) is 0 Å². The Morgan fingerprint density at radius 2 is 1.87 bits per heavy atom. The number of thiazole rings is 1. The number of methoxy groups -OCH3 is 2. The smallest absolute Gasteiger partial charge is 0.257 e. The van der Waals surface area contributed by atoms with Gasteiger partial charge in [-0.25, -0.2) is 4.98 Å². The molecule has 162 valence electrons. The van der Waals surface area contributed by atoms with Gasteiger partial charge in [0, 0.05) is 16.5 Å². The van der Waals surface area contributed by atoms with Crippen molar-refractivity contribution in [2.45, 2.75) is 6.92 Å². The van der Waals surface area contributed by atoms with Crippen LogP contribution in [0.3, 0.4) is 0 Å². The summed E-state index contributed by atoms with van der Waals surface area (Å²) >= 11 is 10.0. The first-order valence-electron chi connectivity index (χ1n) is 9.17. The number of hydrogen-bond donors (Lipinski definition) is 2. The van der Waals surface area contributed by atoms with Crippen LogP contribution in [0.5, 0.6) is 17.2 Å². The maximum Gasteiger partial charge on any atom is 0.257 e. The molecule has 0 fully saturated rings. The lowest BCUT2D eigenvalue weighted by atomic mass is 10.1. The van der Waals surface area contributed by atoms with Crippen LogP contribution in [-0.2, 0) is 0 Å². The van der Waals surface area contributed by atoms with Crippen molar-refractivity contribution in [1.82, 2.24) is 10.3 Å². The maximum absolute atomic E-state index is 12.5. The zero-order chi connectivity index (χ0) is 22.4. The van der Waals surface area contributed by atoms with E-state index in [9.17, 15) is 4.79 Å². The van der Waals surface area contributed by atoms with Gasteiger partial charge in [-0.15, -0.1) is 11.3 Å². The van der Waals surface area contributed by atoms with Crippen molar-refractivity contribution in [2.24, 2.45) is 0 Å². The van der Waals surface area contributed by atoms with E-state index >= 15 is 0 Å². The van der Waals surface area contributed by atoms with E-state index in [1.54, 1.807) is 32.4 Å². The Balaban J connectivity index is 1.65. The van der Waals surface area contributed by atoms with Crippen LogP contribution < -0.4 is 24.8 Å². The molecule has 2 aromatic carbocycles. The summed E-state index contributed by atoms with van der Waals surface area (Å²) in [5.41, 5.74) is 2.07. The second-order valence-corrected chi connectivity index (χ2v) is 8.21. The Morgan fingerprint density at radius 3 is 2.55 bits per heavy atom. The van der Waals surface area contributed by atoms with Crippen molar-refractivity contribution in [3.63, 3.8) is 0 Å². The van der Waals surface area contributed by atoms with Gasteiger partial charge < -0.3 is 19.5 Å². The molecular formula is C21H20BrN3O4S2. The molecule has 1 amide bonds. The molecule has 0 radical (unpaired) electrons. The number of amides is 1. The summed E-state index contributed by atoms with van der Waals surface area (Å²) in [4.78, 5) is 17.0. The molecule has 31 heavy (non-hydrogen) atoms. The lowest BCUT2D eigenvalue weighted by Gasteiger charge is -2.10. The summed E-state index contributed by atoms with van der Waals surface area (Å²) in [5.74, 6) is 1.60. The molecule has 1 heterocycles. The Hall–Kier alpha value is -2.69. The number of nitrogens with one attached hydrogen (secondary N) is 2. The van der Waals surface area contributed by atoms with Crippen molar-refractivity contribution in [3.8, 4) is 28.5 Å². The SMILES string of the molecule is CCOc1ccc(C(=O)NC(=S)Nc2nc(-c3ccc(OC)c(OC)c3)cs2)cc1Br. The minimum absolute atomic E-state index is 0.156. The second-order valence-electron chi connectivity index (χ2n) is 6.09. The highest BCUT2D eigenvalue weighted by Crippen LogP contribution is 2.33. The lowest BCUT2D eigenvalue weighted by Crippen LogP contribution is -2.34. The van der Waals surface area contributed by atoms with Gasteiger partial charge in [0.1, 0.15) is 5.75 Å². The van der Waals surface area contributed by atoms with E-state index in [-0.39, 0.29) is 11.0 Å². The number of thiocarbonyl (C=S) groups is 1. The summed E-state index contributed by atoms with van der Waals surface area (Å²) in [6.45, 7) is 2.43. The molecule has 2 N–H and O–H groups in total. The topological polar surface area (TPSA) is 81.7 Å². The second kappa shape index (κ2) is 10.6. The van der Waals surface area contributed by atoms with E-state index < -0.39 is 0 Å². The van der Waals surface area contributed by atoms with E-state index in [2.05, 4.69) is 31.5 Å². The molecule has 0 saturated heterocycles. The Morgan fingerprint density at radius 1 is 1.13 bits per heavy atom. The van der Waals surface area contributed by atoms with Gasteiger partial charge in [0.25, 0.3) is 5.91 Å². The normalized spacial score (nSPS) is 10.3. The first kappa shape index (κ1) is 23.0. The van der Waals surface area contributed by atoms with Gasteiger partial charge in [-0.1, -0.05) is 0 Å². The standard InChI is InChI=1S/C21H20BrN3O4S2/c1-4-29-16-7-6-13(9-14(16)22)19(26)24-20(30)25-21-23-15(11-31-21)12-5-8-17(27-2)18(10-12)28-3/h5-11H,4H2,1-3H3,(H2,23,24,25,26,30). The summed E-state index contributed by atoms with van der Waals surface area (Å²) in [5, 5.41) is 8.20. The van der Waals surface area contributed by atoms with Gasteiger partial charge >= 0.3 is 0 Å². The number of hydrogen-bond acceptors (Lipinski definition) is 7. The predicted octanol–water partition coefficient (Wildman–Crippen LogP) is 5.12. The third-order valence-electron chi connectivity index (χ3n) is 4.12. The fraction of sp³-hybridized carbons (Fsp3) is 0.190. The highest BCUT2D eigenvalue weighted by atomic mass is 79.9. The molecule has 0 bridgehead atoms. The largest absolute Gasteiger partial charge is 0.493 e.